The van der Waals surface area contributed by atoms with Crippen LogP contribution in [0.1, 0.15) is 72.6 Å². The van der Waals surface area contributed by atoms with Crippen molar-refractivity contribution in [2.45, 2.75) is 66.0 Å². The number of anilines is 2. The largest absolute Gasteiger partial charge is 0.381 e. The average molecular weight is 1190 g/mol. The summed E-state index contributed by atoms with van der Waals surface area (Å²) in [6.07, 6.45) is 16.0. The minimum Gasteiger partial charge on any atom is -0.381 e. The number of rotatable bonds is 11. The molecule has 0 aliphatic carbocycles. The monoisotopic (exact) mass is 1190 g/mol. The number of pyridine rings is 2. The molecule has 14 nitrogen and oxygen atoms in total. The number of imidazole rings is 2. The number of alkyl halides is 2. The molecule has 8 rings (SSSR count). The van der Waals surface area contributed by atoms with Crippen LogP contribution in [-0.4, -0.2) is 96.0 Å². The first kappa shape index (κ1) is 56.2. The number of hydrogen-bond donors (Lipinski definition) is 0. The van der Waals surface area contributed by atoms with Crippen molar-refractivity contribution in [1.82, 2.24) is 29.1 Å². The lowest BCUT2D eigenvalue weighted by atomic mass is 10.1. The van der Waals surface area contributed by atoms with Crippen LogP contribution in [0.25, 0.3) is 11.4 Å². The minimum atomic E-state index is -0.136. The molecule has 2 aliphatic rings. The Morgan fingerprint density at radius 3 is 1.67 bits per heavy atom. The number of carbonyl (C=O) groups is 2. The van der Waals surface area contributed by atoms with Crippen molar-refractivity contribution >= 4 is 84.3 Å². The van der Waals surface area contributed by atoms with Crippen LogP contribution >= 0.6 is 61.1 Å². The second-order valence-electron chi connectivity index (χ2n) is 14.7. The van der Waals surface area contributed by atoms with Crippen LogP contribution in [0, 0.1) is 0 Å². The summed E-state index contributed by atoms with van der Waals surface area (Å²) >= 11 is 8.00. The van der Waals surface area contributed by atoms with Crippen molar-refractivity contribution < 1.29 is 28.5 Å². The minimum absolute atomic E-state index is 0. The van der Waals surface area contributed by atoms with Gasteiger partial charge in [0.15, 0.2) is 0 Å². The van der Waals surface area contributed by atoms with Crippen molar-refractivity contribution in [2.75, 3.05) is 52.8 Å². The fraction of sp³-hybridized carbons (Fsp3) is 0.388. The van der Waals surface area contributed by atoms with Gasteiger partial charge in [-0.2, -0.15) is 0 Å². The smallest absolute Gasteiger partial charge is 0.276 e. The van der Waals surface area contributed by atoms with E-state index in [-0.39, 0.29) is 32.8 Å². The summed E-state index contributed by atoms with van der Waals surface area (Å²) in [6, 6.07) is 23.6. The molecular weight excluding hydrogens is 1130 g/mol. The third-order valence-electron chi connectivity index (χ3n) is 10.3. The van der Waals surface area contributed by atoms with E-state index in [2.05, 4.69) is 99.2 Å². The zero-order chi connectivity index (χ0) is 45.7. The summed E-state index contributed by atoms with van der Waals surface area (Å²) in [5.74, 6) is 0.502. The molecule has 6 heterocycles. The van der Waals surface area contributed by atoms with Gasteiger partial charge in [0.2, 0.25) is 0 Å². The van der Waals surface area contributed by atoms with Gasteiger partial charge in [-0.1, -0.05) is 106 Å². The van der Waals surface area contributed by atoms with Crippen molar-refractivity contribution in [3.63, 3.8) is 0 Å². The molecule has 0 N–H and O–H groups in total. The number of aryl methyl sites for hydroxylation is 1. The molecule has 0 atom stereocenters. The molecule has 2 aromatic carbocycles. The summed E-state index contributed by atoms with van der Waals surface area (Å²) < 4.78 is 28.3. The molecule has 0 spiro atoms. The van der Waals surface area contributed by atoms with Gasteiger partial charge in [-0.15, -0.1) is 0 Å². The second kappa shape index (κ2) is 30.3. The lowest BCUT2D eigenvalue weighted by Crippen LogP contribution is -2.28. The van der Waals surface area contributed by atoms with Crippen LogP contribution in [0.15, 0.2) is 121 Å². The van der Waals surface area contributed by atoms with Crippen LogP contribution in [0.3, 0.4) is 0 Å². The first-order valence-electron chi connectivity index (χ1n) is 20.8. The highest BCUT2D eigenvalue weighted by Crippen LogP contribution is 2.24. The fourth-order valence-corrected chi connectivity index (χ4v) is 7.11. The molecule has 0 radical (unpaired) electrons. The van der Waals surface area contributed by atoms with Crippen molar-refractivity contribution in [3.8, 4) is 11.4 Å². The van der Waals surface area contributed by atoms with Crippen molar-refractivity contribution in [2.24, 2.45) is 14.1 Å². The third-order valence-corrected chi connectivity index (χ3v) is 10.8. The van der Waals surface area contributed by atoms with E-state index < -0.39 is 0 Å². The number of halogens is 3. The lowest BCUT2D eigenvalue weighted by Gasteiger charge is -2.22. The number of benzene rings is 2. The average Bonchev–Trinajstić information content (AvgIpc) is 3.96. The van der Waals surface area contributed by atoms with E-state index in [1.54, 1.807) is 85.1 Å². The van der Waals surface area contributed by atoms with Gasteiger partial charge in [0.25, 0.3) is 11.8 Å². The Morgan fingerprint density at radius 2 is 1.20 bits per heavy atom. The van der Waals surface area contributed by atoms with Gasteiger partial charge in [0.05, 0.1) is 70.3 Å². The van der Waals surface area contributed by atoms with Gasteiger partial charge >= 0.3 is 0 Å². The molecule has 2 aliphatic heterocycles. The normalized spacial score (nSPS) is 13.4. The SMILES string of the molecule is Brc1cccc(COC2CCOCC2)c1.C.C.CN(C(=O)c1cnc(-c2cccc(COC3CCOCC3)c2)n1C)c1cccnc1.CN(C(=O)c1cncn1C)c1cccnc1.ICI. The van der Waals surface area contributed by atoms with E-state index in [9.17, 15) is 9.59 Å². The van der Waals surface area contributed by atoms with Crippen LogP contribution in [0.4, 0.5) is 11.4 Å². The Labute approximate surface area is 426 Å². The summed E-state index contributed by atoms with van der Waals surface area (Å²) in [5, 5.41) is 0. The maximum atomic E-state index is 13.0. The maximum Gasteiger partial charge on any atom is 0.276 e. The van der Waals surface area contributed by atoms with Crippen LogP contribution < -0.4 is 9.80 Å². The predicted molar refractivity (Wildman–Crippen MR) is 284 cm³/mol. The Hall–Kier alpha value is -4.12. The summed E-state index contributed by atoms with van der Waals surface area (Å²) in [7, 11) is 7.10. The van der Waals surface area contributed by atoms with E-state index in [4.69, 9.17) is 18.9 Å². The van der Waals surface area contributed by atoms with Crippen LogP contribution in [0.5, 0.6) is 0 Å². The second-order valence-corrected chi connectivity index (χ2v) is 20.1. The highest BCUT2D eigenvalue weighted by Gasteiger charge is 2.21. The molecule has 6 aromatic rings. The van der Waals surface area contributed by atoms with Crippen LogP contribution in [0.2, 0.25) is 0 Å². The fourth-order valence-electron chi connectivity index (χ4n) is 6.66. The molecule has 17 heteroatoms. The van der Waals surface area contributed by atoms with Gasteiger partial charge in [-0.05, 0) is 79.3 Å². The number of carbonyl (C=O) groups excluding carboxylic acids is 2. The van der Waals surface area contributed by atoms with Gasteiger partial charge < -0.3 is 37.9 Å². The molecule has 4 aromatic heterocycles. The molecule has 0 bridgehead atoms. The molecule has 66 heavy (non-hydrogen) atoms. The number of aromatic nitrogens is 6. The zero-order valence-electron chi connectivity index (χ0n) is 36.6. The van der Waals surface area contributed by atoms with E-state index in [1.807, 2.05) is 60.1 Å². The molecule has 2 saturated heterocycles. The lowest BCUT2D eigenvalue weighted by molar-refractivity contribution is -0.0392. The number of amides is 2. The standard InChI is InChI=1S/C23H26N4O3.C12H15BrO2.C11H12N4O.CH2I2.2CH4/c1-26(19-7-4-10-24-14-19)23(28)21-15-25-22(27(21)2)18-6-3-5-17(13-18)16-30-20-8-11-29-12-9-20;13-11-3-1-2-10(8-11)9-15-12-4-6-14-7-5-12;1-14-8-13-7-10(14)11(16)15(2)9-4-3-5-12-6-9;2-1-3;;/h3-7,10,13-15,20H,8-9,11-12,16H2,1-2H3;1-3,8,12H,4-7,9H2;3-8H,1-2H3;1H2;2*1H4. The first-order valence-corrected chi connectivity index (χ1v) is 24.6. The van der Waals surface area contributed by atoms with E-state index in [0.717, 1.165) is 84.9 Å². The van der Waals surface area contributed by atoms with Gasteiger partial charge in [-0.25, -0.2) is 9.97 Å². The summed E-state index contributed by atoms with van der Waals surface area (Å²) in [5.41, 5.74) is 5.81. The van der Waals surface area contributed by atoms with Gasteiger partial charge in [0.1, 0.15) is 17.2 Å². The van der Waals surface area contributed by atoms with Crippen LogP contribution in [-0.2, 0) is 46.3 Å². The molecule has 2 amide bonds. The molecule has 2 fully saturated rings. The Bertz CT molecular complexity index is 2310. The Morgan fingerprint density at radius 1 is 0.697 bits per heavy atom. The molecule has 356 valence electrons. The molecular formula is C49H63BrI2N8O6. The van der Waals surface area contributed by atoms with Gasteiger partial charge in [-0.3, -0.25) is 19.6 Å². The van der Waals surface area contributed by atoms with Crippen molar-refractivity contribution in [3.05, 3.63) is 143 Å². The van der Waals surface area contributed by atoms with E-state index in [1.165, 1.54) is 8.00 Å². The molecule has 0 saturated carbocycles. The summed E-state index contributed by atoms with van der Waals surface area (Å²) in [6.45, 7) is 4.46. The maximum absolute atomic E-state index is 13.0. The predicted octanol–water partition coefficient (Wildman–Crippen LogP) is 10.8. The highest BCUT2D eigenvalue weighted by molar-refractivity contribution is 14.2. The van der Waals surface area contributed by atoms with E-state index in [0.29, 0.717) is 30.7 Å². The molecule has 0 unspecified atom stereocenters. The Balaban J connectivity index is 0.000000272. The van der Waals surface area contributed by atoms with Crippen molar-refractivity contribution in [1.29, 1.82) is 0 Å². The topological polar surface area (TPSA) is 139 Å². The third kappa shape index (κ3) is 17.5. The van der Waals surface area contributed by atoms with E-state index >= 15 is 0 Å². The first-order chi connectivity index (χ1) is 31.1. The number of hydrogen-bond acceptors (Lipinski definition) is 10. The summed E-state index contributed by atoms with van der Waals surface area (Å²) in [4.78, 5) is 44.6. The highest BCUT2D eigenvalue weighted by atomic mass is 127. The quantitative estimate of drug-likeness (QED) is 0.0910. The zero-order valence-corrected chi connectivity index (χ0v) is 42.5. The number of nitrogens with zero attached hydrogens (tertiary/aromatic N) is 8. The van der Waals surface area contributed by atoms with Gasteiger partial charge in [0, 0.05) is 77.0 Å². The Kier molecular flexibility index (Phi) is 25.8. The number of ether oxygens (including phenoxy) is 4.